The number of hydrogen-bond acceptors (Lipinski definition) is 4. The number of hydrogen-bond donors (Lipinski definition) is 4. The fourth-order valence-corrected chi connectivity index (χ4v) is 2.30. The van der Waals surface area contributed by atoms with Crippen LogP contribution in [0.4, 0.5) is 32.0 Å². The molecule has 5 nitrogen and oxygen atoms in total. The number of hydrazine groups is 1. The van der Waals surface area contributed by atoms with Gasteiger partial charge in [0.25, 0.3) is 5.91 Å². The summed E-state index contributed by atoms with van der Waals surface area (Å²) in [7, 11) is 0. The molecule has 5 N–H and O–H groups in total. The van der Waals surface area contributed by atoms with E-state index in [-0.39, 0.29) is 18.7 Å². The monoisotopic (exact) mass is 668 g/mol. The Labute approximate surface area is 164 Å². The third-order valence-electron chi connectivity index (χ3n) is 3.91. The number of carbonyl (C=O) groups excluding carboxylic acids is 1. The zero-order chi connectivity index (χ0) is 22.1. The molecule has 0 saturated carbocycles. The average molecular weight is 672 g/mol. The van der Waals surface area contributed by atoms with Crippen molar-refractivity contribution in [1.29, 1.82) is 0 Å². The Morgan fingerprint density at radius 2 is 1.77 bits per heavy atom. The molecule has 0 spiro atoms. The molecule has 1 unspecified atom stereocenters. The van der Waals surface area contributed by atoms with Gasteiger partial charge in [-0.15, -0.1) is 6.54 Å². The molecular weight excluding hydrogens is 649 g/mol. The minimum Gasteiger partial charge on any atom is -0.404 e. The first-order valence-corrected chi connectivity index (χ1v) is 8.70. The van der Waals surface area contributed by atoms with E-state index in [4.69, 9.17) is 5.73 Å². The standard InChI is InChI=1S/C18H23F6N4O.Cm/c1-12(3-2-9-27-28-16(29)15(11-25)18(22,23)24)8-10-26-14-6-4-13(5-7-14)17(19,20)21;/h2,4-7,11-12,26-27H,3,8-10,25H2,1H3,(H,28,29);/q-1;/b15-11+;. The molecule has 0 aliphatic carbocycles. The van der Waals surface area contributed by atoms with Gasteiger partial charge in [-0.05, 0) is 30.7 Å². The maximum atomic E-state index is 12.5. The van der Waals surface area contributed by atoms with E-state index in [2.05, 4.69) is 10.7 Å². The molecule has 172 valence electrons. The molecule has 0 bridgehead atoms. The second kappa shape index (κ2) is 11.5. The fraction of sp³-hybridized carbons (Fsp3) is 0.444. The quantitative estimate of drug-likeness (QED) is 0.101. The van der Waals surface area contributed by atoms with E-state index in [0.29, 0.717) is 18.7 Å². The zero-order valence-electron chi connectivity index (χ0n) is 16.0. The van der Waals surface area contributed by atoms with Crippen molar-refractivity contribution in [2.45, 2.75) is 32.1 Å². The van der Waals surface area contributed by atoms with Gasteiger partial charge < -0.3 is 17.5 Å². The third-order valence-corrected chi connectivity index (χ3v) is 3.91. The number of nitrogens with one attached hydrogen (secondary N) is 3. The van der Waals surface area contributed by atoms with Crippen LogP contribution in [0.2, 0.25) is 0 Å². The van der Waals surface area contributed by atoms with E-state index >= 15 is 0 Å². The molecule has 0 aliphatic rings. The Kier molecular flexibility index (Phi) is 10.2. The minimum absolute atomic E-state index is 0. The summed E-state index contributed by atoms with van der Waals surface area (Å²) in [5.74, 6) is -1.16. The fourth-order valence-electron chi connectivity index (χ4n) is 2.30. The van der Waals surface area contributed by atoms with Crippen molar-refractivity contribution in [3.63, 3.8) is 0 Å². The summed E-state index contributed by atoms with van der Waals surface area (Å²) in [5, 5.41) is 3.03. The zero-order valence-corrected chi connectivity index (χ0v) is 18.9. The van der Waals surface area contributed by atoms with Gasteiger partial charge in [-0.2, -0.15) is 32.8 Å². The molecule has 1 aromatic carbocycles. The first kappa shape index (κ1) is 26.6. The van der Waals surface area contributed by atoms with Gasteiger partial charge in [0.1, 0.15) is 5.57 Å². The van der Waals surface area contributed by atoms with E-state index in [1.165, 1.54) is 12.1 Å². The Hall–Kier alpha value is -3.43. The van der Waals surface area contributed by atoms with Crippen LogP contribution in [0.25, 0.3) is 0 Å². The van der Waals surface area contributed by atoms with Crippen LogP contribution in [0.5, 0.6) is 0 Å². The van der Waals surface area contributed by atoms with Gasteiger partial charge in [0, 0.05) is 18.4 Å². The van der Waals surface area contributed by atoms with Crippen LogP contribution >= 0.6 is 0 Å². The normalized spacial score (nSPS) is 13.4. The second-order valence-electron chi connectivity index (χ2n) is 6.33. The summed E-state index contributed by atoms with van der Waals surface area (Å²) in [6, 6.07) is 4.72. The molecular formula is C18H23CmF6N4O-. The molecule has 0 aliphatic heterocycles. The summed E-state index contributed by atoms with van der Waals surface area (Å²) >= 11 is 0. The van der Waals surface area contributed by atoms with Gasteiger partial charge in [0.2, 0.25) is 0 Å². The topological polar surface area (TPSA) is 79.2 Å². The van der Waals surface area contributed by atoms with E-state index in [9.17, 15) is 31.1 Å². The molecule has 1 rings (SSSR count). The number of anilines is 1. The van der Waals surface area contributed by atoms with Crippen LogP contribution in [0.3, 0.4) is 0 Å². The number of alkyl halides is 6. The molecule has 12 heteroatoms. The van der Waals surface area contributed by atoms with Crippen molar-refractivity contribution >= 4 is 11.6 Å². The Balaban J connectivity index is 0.00000841. The molecule has 0 aromatic heterocycles. The number of rotatable bonds is 10. The predicted octanol–water partition coefficient (Wildman–Crippen LogP) is 3.76. The van der Waals surface area contributed by atoms with Gasteiger partial charge in [-0.1, -0.05) is 12.8 Å². The maximum absolute atomic E-state index is 12.5. The van der Waals surface area contributed by atoms with Gasteiger partial charge >= 0.3 is 12.4 Å². The van der Waals surface area contributed by atoms with Crippen LogP contribution in [-0.4, -0.2) is 25.2 Å². The first-order valence-electron chi connectivity index (χ1n) is 8.70. The van der Waals surface area contributed by atoms with E-state index in [1.54, 1.807) is 6.42 Å². The molecule has 1 aromatic rings. The number of halogens is 6. The Bertz CT molecular complexity index is 677. The summed E-state index contributed by atoms with van der Waals surface area (Å²) in [6.45, 7) is 2.64. The van der Waals surface area contributed by atoms with Gasteiger partial charge in [0.05, 0.1) is 5.56 Å². The molecule has 0 fully saturated rings. The van der Waals surface area contributed by atoms with E-state index < -0.39 is 29.4 Å². The van der Waals surface area contributed by atoms with Gasteiger partial charge in [0.15, 0.2) is 0 Å². The Morgan fingerprint density at radius 1 is 1.17 bits per heavy atom. The predicted molar refractivity (Wildman–Crippen MR) is 97.1 cm³/mol. The Morgan fingerprint density at radius 3 is 2.27 bits per heavy atom. The molecule has 1 atom stereocenters. The van der Waals surface area contributed by atoms with Gasteiger partial charge in [-0.3, -0.25) is 15.6 Å². The number of carbonyl (C=O) groups is 1. The van der Waals surface area contributed by atoms with Crippen LogP contribution in [0, 0.1) is 12.3 Å². The number of amides is 1. The van der Waals surface area contributed by atoms with Crippen molar-refractivity contribution in [1.82, 2.24) is 10.9 Å². The maximum Gasteiger partial charge on any atom is 0.423 e. The SMILES string of the molecule is CC(C[CH-]CNNC(=O)/C(=C\N)C(F)(F)F)CCNc1ccc(C(F)(F)F)cc1.[Cm]. The molecule has 30 heavy (non-hydrogen) atoms. The van der Waals surface area contributed by atoms with Crippen LogP contribution < -0.4 is 21.9 Å². The molecule has 0 heterocycles. The average Bonchev–Trinajstić information content (AvgIpc) is 2.60. The molecule has 0 radical (unpaired) electrons. The smallest absolute Gasteiger partial charge is 0.404 e. The largest absolute Gasteiger partial charge is 0.423 e. The van der Waals surface area contributed by atoms with Crippen molar-refractivity contribution in [3.05, 3.63) is 48.0 Å². The van der Waals surface area contributed by atoms with Crippen molar-refractivity contribution in [2.75, 3.05) is 18.4 Å². The summed E-state index contributed by atoms with van der Waals surface area (Å²) in [6.07, 6.45) is -5.91. The summed E-state index contributed by atoms with van der Waals surface area (Å²) < 4.78 is 74.9. The van der Waals surface area contributed by atoms with Crippen molar-refractivity contribution in [2.24, 2.45) is 11.7 Å². The number of benzene rings is 1. The molecule has 1 amide bonds. The summed E-state index contributed by atoms with van der Waals surface area (Å²) in [4.78, 5) is 11.3. The van der Waals surface area contributed by atoms with Crippen molar-refractivity contribution < 1.29 is 31.1 Å². The first-order chi connectivity index (χ1) is 13.4. The van der Waals surface area contributed by atoms with Gasteiger partial charge in [-0.25, -0.2) is 0 Å². The van der Waals surface area contributed by atoms with E-state index in [1.807, 2.05) is 12.3 Å². The van der Waals surface area contributed by atoms with Crippen LogP contribution in [0.1, 0.15) is 25.3 Å². The van der Waals surface area contributed by atoms with Crippen LogP contribution in [0.15, 0.2) is 36.0 Å². The summed E-state index contributed by atoms with van der Waals surface area (Å²) in [5.41, 5.74) is 7.46. The molecule has 0 saturated heterocycles. The number of nitrogens with two attached hydrogens (primary N) is 1. The van der Waals surface area contributed by atoms with Crippen molar-refractivity contribution in [3.8, 4) is 0 Å². The third kappa shape index (κ3) is 9.18. The minimum atomic E-state index is -4.83. The second-order valence-corrected chi connectivity index (χ2v) is 6.33. The van der Waals surface area contributed by atoms with E-state index in [0.717, 1.165) is 18.6 Å². The van der Waals surface area contributed by atoms with Crippen LogP contribution in [-0.2, 0) is 11.0 Å².